The minimum absolute atomic E-state index is 0.834. The van der Waals surface area contributed by atoms with Gasteiger partial charge < -0.3 is 4.90 Å². The standard InChI is InChI=1S/C10H13BrIN3/c11-5-8-1-3-15(4-2-8)10-9(12)6-13-7-14-10/h6-8H,1-5H2. The van der Waals surface area contributed by atoms with Crippen molar-refractivity contribution in [2.24, 2.45) is 5.92 Å². The molecule has 0 atom stereocenters. The summed E-state index contributed by atoms with van der Waals surface area (Å²) in [4.78, 5) is 10.7. The normalized spacial score (nSPS) is 18.1. The number of anilines is 1. The zero-order valence-electron chi connectivity index (χ0n) is 8.37. The van der Waals surface area contributed by atoms with Gasteiger partial charge in [0.15, 0.2) is 0 Å². The largest absolute Gasteiger partial charge is 0.356 e. The van der Waals surface area contributed by atoms with Crippen molar-refractivity contribution in [3.8, 4) is 0 Å². The van der Waals surface area contributed by atoms with Gasteiger partial charge in [0.25, 0.3) is 0 Å². The topological polar surface area (TPSA) is 29.0 Å². The molecule has 0 saturated carbocycles. The molecule has 5 heteroatoms. The van der Waals surface area contributed by atoms with Gasteiger partial charge in [-0.05, 0) is 41.4 Å². The van der Waals surface area contributed by atoms with Crippen LogP contribution in [-0.4, -0.2) is 28.4 Å². The third-order valence-electron chi connectivity index (χ3n) is 2.78. The van der Waals surface area contributed by atoms with Gasteiger partial charge in [-0.15, -0.1) is 0 Å². The van der Waals surface area contributed by atoms with Crippen molar-refractivity contribution < 1.29 is 0 Å². The molecule has 82 valence electrons. The fourth-order valence-corrected chi connectivity index (χ4v) is 3.13. The van der Waals surface area contributed by atoms with E-state index in [0.717, 1.165) is 33.7 Å². The number of rotatable bonds is 2. The summed E-state index contributed by atoms with van der Waals surface area (Å²) in [5.41, 5.74) is 0. The van der Waals surface area contributed by atoms with Gasteiger partial charge in [-0.2, -0.15) is 0 Å². The molecule has 0 spiro atoms. The van der Waals surface area contributed by atoms with E-state index in [2.05, 4.69) is 53.4 Å². The van der Waals surface area contributed by atoms with Crippen molar-refractivity contribution in [1.82, 2.24) is 9.97 Å². The van der Waals surface area contributed by atoms with Crippen LogP contribution in [0.1, 0.15) is 12.8 Å². The number of hydrogen-bond acceptors (Lipinski definition) is 3. The van der Waals surface area contributed by atoms with E-state index >= 15 is 0 Å². The molecule has 1 aromatic rings. The van der Waals surface area contributed by atoms with E-state index in [-0.39, 0.29) is 0 Å². The Morgan fingerprint density at radius 2 is 2.20 bits per heavy atom. The maximum Gasteiger partial charge on any atom is 0.145 e. The molecule has 2 heterocycles. The lowest BCUT2D eigenvalue weighted by molar-refractivity contribution is 0.444. The van der Waals surface area contributed by atoms with Crippen LogP contribution in [0.3, 0.4) is 0 Å². The van der Waals surface area contributed by atoms with Gasteiger partial charge in [-0.3, -0.25) is 0 Å². The summed E-state index contributed by atoms with van der Waals surface area (Å²) in [7, 11) is 0. The predicted molar refractivity (Wildman–Crippen MR) is 73.5 cm³/mol. The molecule has 1 fully saturated rings. The second kappa shape index (κ2) is 5.43. The Morgan fingerprint density at radius 1 is 1.47 bits per heavy atom. The first-order chi connectivity index (χ1) is 7.31. The van der Waals surface area contributed by atoms with Gasteiger partial charge in [0, 0.05) is 24.6 Å². The number of halogens is 2. The molecule has 0 amide bonds. The smallest absolute Gasteiger partial charge is 0.145 e. The van der Waals surface area contributed by atoms with Crippen LogP contribution in [0.5, 0.6) is 0 Å². The van der Waals surface area contributed by atoms with E-state index in [1.165, 1.54) is 12.8 Å². The molecule has 1 aliphatic rings. The average molecular weight is 382 g/mol. The highest BCUT2D eigenvalue weighted by Gasteiger charge is 2.20. The number of aromatic nitrogens is 2. The summed E-state index contributed by atoms with van der Waals surface area (Å²) < 4.78 is 1.15. The Bertz CT molecular complexity index is 326. The number of alkyl halides is 1. The molecule has 0 unspecified atom stereocenters. The Hall–Kier alpha value is 0.0900. The predicted octanol–water partition coefficient (Wildman–Crippen LogP) is 2.69. The molecule has 0 bridgehead atoms. The molecule has 2 rings (SSSR count). The van der Waals surface area contributed by atoms with Crippen LogP contribution in [-0.2, 0) is 0 Å². The monoisotopic (exact) mass is 381 g/mol. The van der Waals surface area contributed by atoms with E-state index in [1.807, 2.05) is 6.20 Å². The summed E-state index contributed by atoms with van der Waals surface area (Å²) in [6.45, 7) is 2.23. The van der Waals surface area contributed by atoms with Crippen LogP contribution < -0.4 is 4.90 Å². The lowest BCUT2D eigenvalue weighted by atomic mass is 9.99. The Labute approximate surface area is 112 Å². The van der Waals surface area contributed by atoms with Crippen molar-refractivity contribution in [3.05, 3.63) is 16.1 Å². The van der Waals surface area contributed by atoms with E-state index in [4.69, 9.17) is 0 Å². The summed E-state index contributed by atoms with van der Waals surface area (Å²) in [6.07, 6.45) is 6.02. The van der Waals surface area contributed by atoms with Crippen LogP contribution in [0.2, 0.25) is 0 Å². The van der Waals surface area contributed by atoms with Gasteiger partial charge in [0.05, 0.1) is 3.57 Å². The molecule has 1 saturated heterocycles. The van der Waals surface area contributed by atoms with Gasteiger partial charge in [-0.25, -0.2) is 9.97 Å². The summed E-state index contributed by atoms with van der Waals surface area (Å²) in [5, 5.41) is 1.13. The molecule has 0 radical (unpaired) electrons. The summed E-state index contributed by atoms with van der Waals surface area (Å²) in [5.74, 6) is 1.93. The Balaban J connectivity index is 2.04. The molecule has 0 N–H and O–H groups in total. The Morgan fingerprint density at radius 3 is 2.80 bits per heavy atom. The Kier molecular flexibility index (Phi) is 4.19. The molecular weight excluding hydrogens is 369 g/mol. The minimum Gasteiger partial charge on any atom is -0.356 e. The second-order valence-electron chi connectivity index (χ2n) is 3.78. The van der Waals surface area contributed by atoms with Gasteiger partial charge >= 0.3 is 0 Å². The van der Waals surface area contributed by atoms with E-state index < -0.39 is 0 Å². The first kappa shape index (κ1) is 11.6. The lowest BCUT2D eigenvalue weighted by Crippen LogP contribution is -2.35. The molecule has 1 aromatic heterocycles. The molecule has 15 heavy (non-hydrogen) atoms. The van der Waals surface area contributed by atoms with E-state index in [1.54, 1.807) is 6.33 Å². The zero-order chi connectivity index (χ0) is 10.7. The number of nitrogens with zero attached hydrogens (tertiary/aromatic N) is 3. The highest BCUT2D eigenvalue weighted by atomic mass is 127. The number of piperidine rings is 1. The van der Waals surface area contributed by atoms with Crippen LogP contribution in [0.15, 0.2) is 12.5 Å². The highest BCUT2D eigenvalue weighted by molar-refractivity contribution is 14.1. The first-order valence-corrected chi connectivity index (χ1v) is 7.27. The minimum atomic E-state index is 0.834. The van der Waals surface area contributed by atoms with Crippen LogP contribution in [0.25, 0.3) is 0 Å². The van der Waals surface area contributed by atoms with Gasteiger partial charge in [0.2, 0.25) is 0 Å². The quantitative estimate of drug-likeness (QED) is 0.582. The van der Waals surface area contributed by atoms with Crippen molar-refractivity contribution in [2.45, 2.75) is 12.8 Å². The van der Waals surface area contributed by atoms with Crippen molar-refractivity contribution in [2.75, 3.05) is 23.3 Å². The second-order valence-corrected chi connectivity index (χ2v) is 5.59. The third-order valence-corrected chi connectivity index (χ3v) is 4.46. The molecule has 3 nitrogen and oxygen atoms in total. The molecular formula is C10H13BrIN3. The maximum absolute atomic E-state index is 4.35. The lowest BCUT2D eigenvalue weighted by Gasteiger charge is -2.32. The zero-order valence-corrected chi connectivity index (χ0v) is 12.1. The van der Waals surface area contributed by atoms with E-state index in [9.17, 15) is 0 Å². The van der Waals surface area contributed by atoms with Crippen molar-refractivity contribution >= 4 is 44.3 Å². The molecule has 0 aromatic carbocycles. The SMILES string of the molecule is BrCC1CCN(c2ncncc2I)CC1. The fourth-order valence-electron chi connectivity index (χ4n) is 1.84. The molecule has 0 aliphatic carbocycles. The highest BCUT2D eigenvalue weighted by Crippen LogP contribution is 2.25. The van der Waals surface area contributed by atoms with Crippen LogP contribution in [0.4, 0.5) is 5.82 Å². The van der Waals surface area contributed by atoms with Gasteiger partial charge in [-0.1, -0.05) is 15.9 Å². The summed E-state index contributed by atoms with van der Waals surface area (Å²) >= 11 is 5.86. The third kappa shape index (κ3) is 2.81. The first-order valence-electron chi connectivity index (χ1n) is 5.07. The van der Waals surface area contributed by atoms with E-state index in [0.29, 0.717) is 0 Å². The van der Waals surface area contributed by atoms with Crippen molar-refractivity contribution in [3.63, 3.8) is 0 Å². The maximum atomic E-state index is 4.35. The molecule has 1 aliphatic heterocycles. The van der Waals surface area contributed by atoms with Crippen molar-refractivity contribution in [1.29, 1.82) is 0 Å². The van der Waals surface area contributed by atoms with Gasteiger partial charge in [0.1, 0.15) is 12.1 Å². The number of hydrogen-bond donors (Lipinski definition) is 0. The summed E-state index contributed by atoms with van der Waals surface area (Å²) in [6, 6.07) is 0. The fraction of sp³-hybridized carbons (Fsp3) is 0.600. The average Bonchev–Trinajstić information content (AvgIpc) is 2.30. The van der Waals surface area contributed by atoms with Crippen LogP contribution >= 0.6 is 38.5 Å². The van der Waals surface area contributed by atoms with Crippen LogP contribution in [0, 0.1) is 9.49 Å².